The van der Waals surface area contributed by atoms with E-state index in [1.165, 1.54) is 0 Å². The SMILES string of the molecule is CCOc1ccc(NC(=O)C2COCCO2)cc1CO. The van der Waals surface area contributed by atoms with Crippen LogP contribution in [0.3, 0.4) is 0 Å². The summed E-state index contributed by atoms with van der Waals surface area (Å²) < 4.78 is 15.9. The maximum atomic E-state index is 12.0. The molecule has 1 amide bonds. The first-order valence-electron chi connectivity index (χ1n) is 6.61. The largest absolute Gasteiger partial charge is 0.494 e. The highest BCUT2D eigenvalue weighted by molar-refractivity contribution is 5.94. The number of amides is 1. The zero-order valence-electron chi connectivity index (χ0n) is 11.4. The van der Waals surface area contributed by atoms with E-state index in [-0.39, 0.29) is 19.1 Å². The Labute approximate surface area is 117 Å². The molecular weight excluding hydrogens is 262 g/mol. The molecule has 1 atom stereocenters. The zero-order chi connectivity index (χ0) is 14.4. The van der Waals surface area contributed by atoms with Crippen molar-refractivity contribution in [3.63, 3.8) is 0 Å². The second-order valence-corrected chi connectivity index (χ2v) is 4.34. The Bertz CT molecular complexity index is 457. The summed E-state index contributed by atoms with van der Waals surface area (Å²) in [5.74, 6) is 0.364. The summed E-state index contributed by atoms with van der Waals surface area (Å²) in [5.41, 5.74) is 1.22. The number of anilines is 1. The van der Waals surface area contributed by atoms with Crippen molar-refractivity contribution in [1.29, 1.82) is 0 Å². The third-order valence-corrected chi connectivity index (χ3v) is 2.91. The molecule has 0 saturated carbocycles. The molecule has 1 saturated heterocycles. The minimum atomic E-state index is -0.590. The van der Waals surface area contributed by atoms with Gasteiger partial charge in [0.2, 0.25) is 0 Å². The van der Waals surface area contributed by atoms with E-state index in [0.29, 0.717) is 36.8 Å². The van der Waals surface area contributed by atoms with Gasteiger partial charge in [-0.25, -0.2) is 0 Å². The van der Waals surface area contributed by atoms with Gasteiger partial charge < -0.3 is 24.6 Å². The summed E-state index contributed by atoms with van der Waals surface area (Å²) in [7, 11) is 0. The van der Waals surface area contributed by atoms with Gasteiger partial charge in [-0.2, -0.15) is 0 Å². The van der Waals surface area contributed by atoms with Gasteiger partial charge in [0.1, 0.15) is 5.75 Å². The molecule has 1 unspecified atom stereocenters. The van der Waals surface area contributed by atoms with Crippen molar-refractivity contribution in [3.8, 4) is 5.75 Å². The number of carbonyl (C=O) groups excluding carboxylic acids is 1. The number of hydrogen-bond donors (Lipinski definition) is 2. The van der Waals surface area contributed by atoms with Crippen molar-refractivity contribution in [2.75, 3.05) is 31.7 Å². The van der Waals surface area contributed by atoms with Gasteiger partial charge in [0.15, 0.2) is 6.10 Å². The van der Waals surface area contributed by atoms with E-state index in [4.69, 9.17) is 14.2 Å². The van der Waals surface area contributed by atoms with Crippen LogP contribution in [0, 0.1) is 0 Å². The minimum Gasteiger partial charge on any atom is -0.494 e. The standard InChI is InChI=1S/C14H19NO5/c1-2-19-12-4-3-11(7-10(12)8-16)15-14(17)13-9-18-5-6-20-13/h3-4,7,13,16H,2,5-6,8-9H2,1H3,(H,15,17). The fourth-order valence-corrected chi connectivity index (χ4v) is 1.94. The summed E-state index contributed by atoms with van der Waals surface area (Å²) in [6, 6.07) is 5.14. The zero-order valence-corrected chi connectivity index (χ0v) is 11.4. The lowest BCUT2D eigenvalue weighted by Crippen LogP contribution is -2.39. The second kappa shape index (κ2) is 7.23. The fourth-order valence-electron chi connectivity index (χ4n) is 1.94. The fraction of sp³-hybridized carbons (Fsp3) is 0.500. The molecule has 1 fully saturated rings. The van der Waals surface area contributed by atoms with Gasteiger partial charge in [0.25, 0.3) is 5.91 Å². The summed E-state index contributed by atoms with van der Waals surface area (Å²) in [4.78, 5) is 12.0. The smallest absolute Gasteiger partial charge is 0.255 e. The average molecular weight is 281 g/mol. The van der Waals surface area contributed by atoms with Gasteiger partial charge in [-0.15, -0.1) is 0 Å². The Hall–Kier alpha value is -1.63. The Balaban J connectivity index is 2.03. The second-order valence-electron chi connectivity index (χ2n) is 4.34. The van der Waals surface area contributed by atoms with Crippen molar-refractivity contribution in [3.05, 3.63) is 23.8 Å². The molecule has 20 heavy (non-hydrogen) atoms. The van der Waals surface area contributed by atoms with Crippen molar-refractivity contribution < 1.29 is 24.1 Å². The number of benzene rings is 1. The average Bonchev–Trinajstić information content (AvgIpc) is 2.50. The Morgan fingerprint density at radius 2 is 2.35 bits per heavy atom. The van der Waals surface area contributed by atoms with Crippen LogP contribution in [0.4, 0.5) is 5.69 Å². The van der Waals surface area contributed by atoms with Crippen LogP contribution < -0.4 is 10.1 Å². The van der Waals surface area contributed by atoms with E-state index in [1.54, 1.807) is 18.2 Å². The topological polar surface area (TPSA) is 77.0 Å². The number of ether oxygens (including phenoxy) is 3. The normalized spacial score (nSPS) is 18.6. The molecule has 0 bridgehead atoms. The van der Waals surface area contributed by atoms with Gasteiger partial charge in [-0.05, 0) is 25.1 Å². The van der Waals surface area contributed by atoms with Crippen LogP contribution in [-0.4, -0.2) is 43.5 Å². The van der Waals surface area contributed by atoms with E-state index in [0.717, 1.165) is 0 Å². The number of rotatable bonds is 5. The predicted molar refractivity (Wildman–Crippen MR) is 72.7 cm³/mol. The van der Waals surface area contributed by atoms with E-state index in [2.05, 4.69) is 5.32 Å². The van der Waals surface area contributed by atoms with Crippen LogP contribution in [-0.2, 0) is 20.9 Å². The predicted octanol–water partition coefficient (Wildman–Crippen LogP) is 0.931. The summed E-state index contributed by atoms with van der Waals surface area (Å²) in [5, 5.41) is 12.1. The minimum absolute atomic E-state index is 0.151. The summed E-state index contributed by atoms with van der Waals surface area (Å²) in [6.45, 7) is 3.44. The van der Waals surface area contributed by atoms with Gasteiger partial charge >= 0.3 is 0 Å². The van der Waals surface area contributed by atoms with Crippen molar-refractivity contribution in [2.45, 2.75) is 19.6 Å². The molecular formula is C14H19NO5. The van der Waals surface area contributed by atoms with Gasteiger partial charge in [0.05, 0.1) is 33.0 Å². The first kappa shape index (κ1) is 14.8. The van der Waals surface area contributed by atoms with Crippen LogP contribution in [0.25, 0.3) is 0 Å². The highest BCUT2D eigenvalue weighted by Crippen LogP contribution is 2.23. The molecule has 6 heteroatoms. The molecule has 6 nitrogen and oxygen atoms in total. The third kappa shape index (κ3) is 3.69. The third-order valence-electron chi connectivity index (χ3n) is 2.91. The molecule has 1 heterocycles. The molecule has 110 valence electrons. The maximum Gasteiger partial charge on any atom is 0.255 e. The molecule has 0 aliphatic carbocycles. The first-order chi connectivity index (χ1) is 9.74. The number of carbonyl (C=O) groups is 1. The molecule has 0 aromatic heterocycles. The lowest BCUT2D eigenvalue weighted by molar-refractivity contribution is -0.142. The molecule has 2 rings (SSSR count). The van der Waals surface area contributed by atoms with Crippen molar-refractivity contribution >= 4 is 11.6 Å². The highest BCUT2D eigenvalue weighted by atomic mass is 16.6. The molecule has 0 spiro atoms. The van der Waals surface area contributed by atoms with Gasteiger partial charge in [-0.1, -0.05) is 0 Å². The number of nitrogens with one attached hydrogen (secondary N) is 1. The van der Waals surface area contributed by atoms with E-state index in [9.17, 15) is 9.90 Å². The summed E-state index contributed by atoms with van der Waals surface area (Å²) in [6.07, 6.45) is -0.590. The van der Waals surface area contributed by atoms with Crippen LogP contribution in [0.5, 0.6) is 5.75 Å². The molecule has 1 aliphatic rings. The highest BCUT2D eigenvalue weighted by Gasteiger charge is 2.22. The number of aliphatic hydroxyl groups is 1. The maximum absolute atomic E-state index is 12.0. The first-order valence-corrected chi connectivity index (χ1v) is 6.61. The van der Waals surface area contributed by atoms with Gasteiger partial charge in [-0.3, -0.25) is 4.79 Å². The summed E-state index contributed by atoms with van der Waals surface area (Å²) >= 11 is 0. The monoisotopic (exact) mass is 281 g/mol. The van der Waals surface area contributed by atoms with Crippen LogP contribution in [0.15, 0.2) is 18.2 Å². The number of aliphatic hydroxyl groups excluding tert-OH is 1. The van der Waals surface area contributed by atoms with Crippen LogP contribution in [0.2, 0.25) is 0 Å². The van der Waals surface area contributed by atoms with Gasteiger partial charge in [0, 0.05) is 11.3 Å². The van der Waals surface area contributed by atoms with E-state index >= 15 is 0 Å². The Morgan fingerprint density at radius 1 is 1.50 bits per heavy atom. The van der Waals surface area contributed by atoms with Crippen molar-refractivity contribution in [2.24, 2.45) is 0 Å². The van der Waals surface area contributed by atoms with Crippen molar-refractivity contribution in [1.82, 2.24) is 0 Å². The Kier molecular flexibility index (Phi) is 5.34. The molecule has 2 N–H and O–H groups in total. The van der Waals surface area contributed by atoms with Crippen LogP contribution >= 0.6 is 0 Å². The number of hydrogen-bond acceptors (Lipinski definition) is 5. The Morgan fingerprint density at radius 3 is 3.00 bits per heavy atom. The molecule has 1 aromatic carbocycles. The lowest BCUT2D eigenvalue weighted by Gasteiger charge is -2.22. The molecule has 1 aliphatic heterocycles. The molecule has 1 aromatic rings. The lowest BCUT2D eigenvalue weighted by atomic mass is 10.2. The van der Waals surface area contributed by atoms with Crippen LogP contribution in [0.1, 0.15) is 12.5 Å². The van der Waals surface area contributed by atoms with E-state index in [1.807, 2.05) is 6.92 Å². The van der Waals surface area contributed by atoms with E-state index < -0.39 is 6.10 Å². The molecule has 0 radical (unpaired) electrons. The quantitative estimate of drug-likeness (QED) is 0.839.